The van der Waals surface area contributed by atoms with E-state index in [0.717, 1.165) is 0 Å². The molecule has 0 aliphatic carbocycles. The molecule has 1 heterocycles. The fourth-order valence-corrected chi connectivity index (χ4v) is 0.706. The predicted octanol–water partition coefficient (Wildman–Crippen LogP) is 2.47. The van der Waals surface area contributed by atoms with E-state index in [2.05, 4.69) is 4.98 Å². The molecule has 0 bridgehead atoms. The molecule has 1 rings (SSSR count). The van der Waals surface area contributed by atoms with Crippen LogP contribution in [0.4, 0.5) is 8.78 Å². The predicted molar refractivity (Wildman–Crippen MR) is 33.0 cm³/mol. The van der Waals surface area contributed by atoms with Crippen molar-refractivity contribution in [2.45, 2.75) is 0 Å². The van der Waals surface area contributed by atoms with E-state index in [1.54, 1.807) is 0 Å². The standard InChI is InChI=1S/C5Cl2F2N/c6-2-1-3(7)5(9)10-4(2)8. The molecule has 0 amide bonds. The normalized spacial score (nSPS) is 10.0. The first-order chi connectivity index (χ1) is 4.61. The van der Waals surface area contributed by atoms with Crippen LogP contribution in [-0.4, -0.2) is 4.98 Å². The Labute approximate surface area is 65.6 Å². The zero-order valence-corrected chi connectivity index (χ0v) is 5.97. The molecule has 1 aromatic heterocycles. The first-order valence-electron chi connectivity index (χ1n) is 2.20. The number of pyridine rings is 1. The maximum Gasteiger partial charge on any atom is 0.235 e. The third kappa shape index (κ3) is 1.36. The van der Waals surface area contributed by atoms with Crippen molar-refractivity contribution in [3.05, 3.63) is 28.0 Å². The second-order valence-electron chi connectivity index (χ2n) is 1.45. The molecule has 1 radical (unpaired) electrons. The molecule has 0 unspecified atom stereocenters. The minimum Gasteiger partial charge on any atom is -0.188 e. The fraction of sp³-hybridized carbons (Fsp3) is 0. The minimum atomic E-state index is -1.11. The summed E-state index contributed by atoms with van der Waals surface area (Å²) in [6, 6.07) is 2.03. The average Bonchev–Trinajstić information content (AvgIpc) is 1.84. The van der Waals surface area contributed by atoms with Gasteiger partial charge in [-0.1, -0.05) is 23.2 Å². The third-order valence-electron chi connectivity index (χ3n) is 0.778. The lowest BCUT2D eigenvalue weighted by molar-refractivity contribution is 0.513. The zero-order valence-electron chi connectivity index (χ0n) is 4.46. The van der Waals surface area contributed by atoms with Gasteiger partial charge in [0.2, 0.25) is 11.9 Å². The maximum absolute atomic E-state index is 12.2. The molecule has 0 N–H and O–H groups in total. The monoisotopic (exact) mass is 182 g/mol. The Morgan fingerprint density at radius 1 is 1.10 bits per heavy atom. The summed E-state index contributed by atoms with van der Waals surface area (Å²) < 4.78 is 24.4. The third-order valence-corrected chi connectivity index (χ3v) is 1.28. The van der Waals surface area contributed by atoms with Crippen molar-refractivity contribution >= 4 is 23.2 Å². The molecule has 0 aliphatic rings. The molecule has 1 aromatic rings. The van der Waals surface area contributed by atoms with Gasteiger partial charge in [-0.25, -0.2) is 0 Å². The van der Waals surface area contributed by atoms with Crippen LogP contribution in [-0.2, 0) is 0 Å². The smallest absolute Gasteiger partial charge is 0.188 e. The molecule has 5 heteroatoms. The van der Waals surface area contributed by atoms with Gasteiger partial charge in [0.05, 0.1) is 0 Å². The fourth-order valence-electron chi connectivity index (χ4n) is 0.384. The van der Waals surface area contributed by atoms with E-state index in [9.17, 15) is 8.78 Å². The molecule has 0 fully saturated rings. The highest BCUT2D eigenvalue weighted by Gasteiger charge is 2.07. The Hall–Kier alpha value is -0.410. The van der Waals surface area contributed by atoms with Gasteiger partial charge >= 0.3 is 0 Å². The van der Waals surface area contributed by atoms with Crippen LogP contribution >= 0.6 is 23.2 Å². The van der Waals surface area contributed by atoms with Crippen molar-refractivity contribution in [1.82, 2.24) is 4.98 Å². The number of hydrogen-bond donors (Lipinski definition) is 0. The summed E-state index contributed by atoms with van der Waals surface area (Å²) in [5.41, 5.74) is 0. The molecular formula is C5Cl2F2N. The quantitative estimate of drug-likeness (QED) is 0.563. The number of halogens is 4. The molecule has 53 valence electrons. The topological polar surface area (TPSA) is 12.9 Å². The van der Waals surface area contributed by atoms with Crippen LogP contribution in [0, 0.1) is 18.0 Å². The van der Waals surface area contributed by atoms with Crippen LogP contribution in [0.3, 0.4) is 0 Å². The van der Waals surface area contributed by atoms with Crippen LogP contribution in [0.5, 0.6) is 0 Å². The van der Waals surface area contributed by atoms with E-state index >= 15 is 0 Å². The summed E-state index contributed by atoms with van der Waals surface area (Å²) >= 11 is 10.3. The van der Waals surface area contributed by atoms with Crippen LogP contribution in [0.25, 0.3) is 0 Å². The summed E-state index contributed by atoms with van der Waals surface area (Å²) in [5.74, 6) is -2.22. The highest BCUT2D eigenvalue weighted by molar-refractivity contribution is 6.34. The molecule has 0 aliphatic heterocycles. The molecule has 0 aromatic carbocycles. The minimum absolute atomic E-state index is 0.411. The summed E-state index contributed by atoms with van der Waals surface area (Å²) in [6.07, 6.45) is 0. The number of nitrogens with zero attached hydrogens (tertiary/aromatic N) is 1. The molecule has 10 heavy (non-hydrogen) atoms. The van der Waals surface area contributed by atoms with Crippen LogP contribution in [0.15, 0.2) is 0 Å². The van der Waals surface area contributed by atoms with Crippen molar-refractivity contribution in [2.24, 2.45) is 0 Å². The Balaban J connectivity index is 3.28. The highest BCUT2D eigenvalue weighted by atomic mass is 35.5. The van der Waals surface area contributed by atoms with Crippen LogP contribution in [0.2, 0.25) is 10.0 Å². The van der Waals surface area contributed by atoms with Gasteiger partial charge in [-0.2, -0.15) is 13.8 Å². The molecule has 0 saturated heterocycles. The molecule has 0 atom stereocenters. The van der Waals surface area contributed by atoms with Gasteiger partial charge in [0.15, 0.2) is 0 Å². The first kappa shape index (κ1) is 7.69. The number of hydrogen-bond acceptors (Lipinski definition) is 1. The van der Waals surface area contributed by atoms with Gasteiger partial charge in [-0.05, 0) is 0 Å². The van der Waals surface area contributed by atoms with Crippen LogP contribution in [0.1, 0.15) is 0 Å². The van der Waals surface area contributed by atoms with Gasteiger partial charge in [0, 0.05) is 6.07 Å². The number of aromatic nitrogens is 1. The van der Waals surface area contributed by atoms with E-state index < -0.39 is 21.9 Å². The summed E-state index contributed by atoms with van der Waals surface area (Å²) in [5, 5.41) is -0.821. The largest absolute Gasteiger partial charge is 0.235 e. The van der Waals surface area contributed by atoms with E-state index in [1.165, 1.54) is 0 Å². The van der Waals surface area contributed by atoms with Gasteiger partial charge in [-0.3, -0.25) is 0 Å². The number of rotatable bonds is 0. The Morgan fingerprint density at radius 2 is 1.50 bits per heavy atom. The van der Waals surface area contributed by atoms with Gasteiger partial charge < -0.3 is 0 Å². The van der Waals surface area contributed by atoms with Crippen molar-refractivity contribution in [3.63, 3.8) is 0 Å². The van der Waals surface area contributed by atoms with E-state index in [-0.39, 0.29) is 0 Å². The van der Waals surface area contributed by atoms with Crippen molar-refractivity contribution < 1.29 is 8.78 Å². The lowest BCUT2D eigenvalue weighted by Crippen LogP contribution is -1.90. The molecular weight excluding hydrogens is 183 g/mol. The first-order valence-corrected chi connectivity index (χ1v) is 2.96. The Morgan fingerprint density at radius 3 is 1.80 bits per heavy atom. The summed E-state index contributed by atoms with van der Waals surface area (Å²) in [4.78, 5) is 2.74. The summed E-state index contributed by atoms with van der Waals surface area (Å²) in [7, 11) is 0. The van der Waals surface area contributed by atoms with Crippen LogP contribution < -0.4 is 0 Å². The second-order valence-corrected chi connectivity index (χ2v) is 2.20. The van der Waals surface area contributed by atoms with E-state index in [1.807, 2.05) is 6.07 Å². The zero-order chi connectivity index (χ0) is 7.72. The van der Waals surface area contributed by atoms with Gasteiger partial charge in [0.25, 0.3) is 0 Å². The molecule has 0 saturated carbocycles. The second kappa shape index (κ2) is 2.68. The van der Waals surface area contributed by atoms with Crippen molar-refractivity contribution in [3.8, 4) is 0 Å². The Bertz CT molecular complexity index is 214. The lowest BCUT2D eigenvalue weighted by atomic mass is 10.5. The maximum atomic E-state index is 12.2. The average molecular weight is 183 g/mol. The lowest BCUT2D eigenvalue weighted by Gasteiger charge is -1.93. The van der Waals surface area contributed by atoms with E-state index in [0.29, 0.717) is 0 Å². The van der Waals surface area contributed by atoms with Crippen molar-refractivity contribution in [1.29, 1.82) is 0 Å². The summed E-state index contributed by atoms with van der Waals surface area (Å²) in [6.45, 7) is 0. The van der Waals surface area contributed by atoms with Crippen molar-refractivity contribution in [2.75, 3.05) is 0 Å². The van der Waals surface area contributed by atoms with Gasteiger partial charge in [-0.15, -0.1) is 0 Å². The molecule has 1 nitrogen and oxygen atoms in total. The Kier molecular flexibility index (Phi) is 2.06. The van der Waals surface area contributed by atoms with Gasteiger partial charge in [0.1, 0.15) is 10.0 Å². The highest BCUT2D eigenvalue weighted by Crippen LogP contribution is 2.18. The SMILES string of the molecule is Fc1nc(F)c(Cl)[c]c1Cl. The van der Waals surface area contributed by atoms with E-state index in [4.69, 9.17) is 23.2 Å². The molecule has 0 spiro atoms.